The molecule has 0 amide bonds. The maximum absolute atomic E-state index is 8.97. The van der Waals surface area contributed by atoms with Gasteiger partial charge in [0.1, 0.15) is 6.07 Å². The summed E-state index contributed by atoms with van der Waals surface area (Å²) in [6, 6.07) is 7.98. The predicted molar refractivity (Wildman–Crippen MR) is 67.8 cm³/mol. The molecule has 2 unspecified atom stereocenters. The number of hydrogen-bond acceptors (Lipinski definition) is 4. The van der Waals surface area contributed by atoms with Crippen molar-refractivity contribution >= 4 is 11.4 Å². The molecule has 4 nitrogen and oxygen atoms in total. The van der Waals surface area contributed by atoms with E-state index in [0.717, 1.165) is 18.7 Å². The van der Waals surface area contributed by atoms with Gasteiger partial charge in [-0.05, 0) is 25.5 Å². The average molecular weight is 231 g/mol. The van der Waals surface area contributed by atoms with Crippen LogP contribution in [0.4, 0.5) is 11.4 Å². The Balaban J connectivity index is 2.31. The van der Waals surface area contributed by atoms with Gasteiger partial charge in [-0.15, -0.1) is 0 Å². The third-order valence-corrected chi connectivity index (χ3v) is 3.42. The summed E-state index contributed by atoms with van der Waals surface area (Å²) in [7, 11) is 2.00. The van der Waals surface area contributed by atoms with E-state index in [4.69, 9.17) is 15.7 Å². The van der Waals surface area contributed by atoms with Gasteiger partial charge in [-0.25, -0.2) is 0 Å². The van der Waals surface area contributed by atoms with Gasteiger partial charge >= 0.3 is 0 Å². The largest absolute Gasteiger partial charge is 0.396 e. The lowest BCUT2D eigenvalue weighted by atomic mass is 10.1. The minimum atomic E-state index is 0.199. The normalized spacial score (nSPS) is 23.4. The zero-order valence-electron chi connectivity index (χ0n) is 10.2. The van der Waals surface area contributed by atoms with Crippen molar-refractivity contribution in [2.24, 2.45) is 0 Å². The Kier molecular flexibility index (Phi) is 3.21. The second kappa shape index (κ2) is 4.64. The van der Waals surface area contributed by atoms with E-state index in [1.807, 2.05) is 19.2 Å². The predicted octanol–water partition coefficient (Wildman–Crippen LogP) is 1.75. The third kappa shape index (κ3) is 2.06. The molecule has 90 valence electrons. The maximum Gasteiger partial charge on any atom is 0.101 e. The quantitative estimate of drug-likeness (QED) is 0.788. The molecule has 0 aromatic heterocycles. The van der Waals surface area contributed by atoms with E-state index < -0.39 is 0 Å². The molecule has 17 heavy (non-hydrogen) atoms. The lowest BCUT2D eigenvalue weighted by molar-refractivity contribution is 0.118. The van der Waals surface area contributed by atoms with Crippen molar-refractivity contribution < 1.29 is 4.74 Å². The summed E-state index contributed by atoms with van der Waals surface area (Å²) >= 11 is 0. The SMILES string of the molecule is CC1OCCC1N(C)c1cccc(C#N)c1N. The fourth-order valence-electron chi connectivity index (χ4n) is 2.37. The number of likely N-dealkylation sites (N-methyl/N-ethyl adjacent to an activating group) is 1. The zero-order chi connectivity index (χ0) is 12.4. The molecule has 0 radical (unpaired) electrons. The van der Waals surface area contributed by atoms with E-state index in [9.17, 15) is 0 Å². The number of nitriles is 1. The molecule has 1 aliphatic heterocycles. The highest BCUT2D eigenvalue weighted by Gasteiger charge is 2.29. The number of para-hydroxylation sites is 1. The highest BCUT2D eigenvalue weighted by Crippen LogP contribution is 2.30. The van der Waals surface area contributed by atoms with Crippen LogP contribution in [0.5, 0.6) is 0 Å². The highest BCUT2D eigenvalue weighted by atomic mass is 16.5. The van der Waals surface area contributed by atoms with Crippen LogP contribution in [0, 0.1) is 11.3 Å². The standard InChI is InChI=1S/C13H17N3O/c1-9-11(6-7-17-9)16(2)12-5-3-4-10(8-14)13(12)15/h3-5,9,11H,6-7,15H2,1-2H3. The molecular weight excluding hydrogens is 214 g/mol. The molecule has 1 aliphatic rings. The molecule has 2 rings (SSSR count). The number of nitrogens with two attached hydrogens (primary N) is 1. The fourth-order valence-corrected chi connectivity index (χ4v) is 2.37. The summed E-state index contributed by atoms with van der Waals surface area (Å²) < 4.78 is 5.56. The average Bonchev–Trinajstić information content (AvgIpc) is 2.75. The van der Waals surface area contributed by atoms with Crippen LogP contribution in [0.15, 0.2) is 18.2 Å². The third-order valence-electron chi connectivity index (χ3n) is 3.42. The number of nitrogen functional groups attached to an aromatic ring is 1. The summed E-state index contributed by atoms with van der Waals surface area (Å²) in [6.07, 6.45) is 1.19. The van der Waals surface area contributed by atoms with Gasteiger partial charge < -0.3 is 15.4 Å². The second-order valence-electron chi connectivity index (χ2n) is 4.39. The van der Waals surface area contributed by atoms with Crippen molar-refractivity contribution in [1.29, 1.82) is 5.26 Å². The van der Waals surface area contributed by atoms with Gasteiger partial charge in [0, 0.05) is 13.7 Å². The lowest BCUT2D eigenvalue weighted by Gasteiger charge is -2.30. The molecule has 1 aromatic carbocycles. The van der Waals surface area contributed by atoms with Crippen molar-refractivity contribution in [1.82, 2.24) is 0 Å². The maximum atomic E-state index is 8.97. The molecule has 0 aliphatic carbocycles. The van der Waals surface area contributed by atoms with E-state index in [2.05, 4.69) is 17.9 Å². The highest BCUT2D eigenvalue weighted by molar-refractivity contribution is 5.74. The van der Waals surface area contributed by atoms with Gasteiger partial charge in [-0.3, -0.25) is 0 Å². The topological polar surface area (TPSA) is 62.3 Å². The first-order valence-electron chi connectivity index (χ1n) is 5.78. The summed E-state index contributed by atoms with van der Waals surface area (Å²) in [6.45, 7) is 2.85. The van der Waals surface area contributed by atoms with Crippen LogP contribution in [-0.4, -0.2) is 25.8 Å². The van der Waals surface area contributed by atoms with E-state index >= 15 is 0 Å². The van der Waals surface area contributed by atoms with Crippen molar-refractivity contribution in [2.45, 2.75) is 25.5 Å². The second-order valence-corrected chi connectivity index (χ2v) is 4.39. The Morgan fingerprint density at radius 2 is 2.29 bits per heavy atom. The summed E-state index contributed by atoms with van der Waals surface area (Å²) in [4.78, 5) is 2.12. The molecule has 0 saturated carbocycles. The van der Waals surface area contributed by atoms with Crippen LogP contribution in [0.1, 0.15) is 18.9 Å². The van der Waals surface area contributed by atoms with E-state index in [-0.39, 0.29) is 6.10 Å². The lowest BCUT2D eigenvalue weighted by Crippen LogP contribution is -2.37. The van der Waals surface area contributed by atoms with Crippen LogP contribution in [0.2, 0.25) is 0 Å². The molecule has 1 fully saturated rings. The zero-order valence-corrected chi connectivity index (χ0v) is 10.2. The smallest absolute Gasteiger partial charge is 0.101 e. The van der Waals surface area contributed by atoms with Gasteiger partial charge in [-0.2, -0.15) is 5.26 Å². The first kappa shape index (κ1) is 11.7. The van der Waals surface area contributed by atoms with Crippen molar-refractivity contribution in [3.05, 3.63) is 23.8 Å². The molecule has 1 heterocycles. The number of anilines is 2. The molecule has 1 saturated heterocycles. The Hall–Kier alpha value is -1.73. The summed E-state index contributed by atoms with van der Waals surface area (Å²) in [5.41, 5.74) is 7.99. The van der Waals surface area contributed by atoms with E-state index in [0.29, 0.717) is 17.3 Å². The molecular formula is C13H17N3O. The van der Waals surface area contributed by atoms with Crippen LogP contribution < -0.4 is 10.6 Å². The number of benzene rings is 1. The first-order chi connectivity index (χ1) is 8.15. The number of hydrogen-bond donors (Lipinski definition) is 1. The Morgan fingerprint density at radius 3 is 2.88 bits per heavy atom. The minimum absolute atomic E-state index is 0.199. The van der Waals surface area contributed by atoms with Crippen LogP contribution in [-0.2, 0) is 4.74 Å². The Bertz CT molecular complexity index is 452. The summed E-state index contributed by atoms with van der Waals surface area (Å²) in [5, 5.41) is 8.97. The number of ether oxygens (including phenoxy) is 1. The molecule has 4 heteroatoms. The van der Waals surface area contributed by atoms with Gasteiger partial charge in [0.25, 0.3) is 0 Å². The van der Waals surface area contributed by atoms with Gasteiger partial charge in [0.2, 0.25) is 0 Å². The monoisotopic (exact) mass is 231 g/mol. The van der Waals surface area contributed by atoms with Crippen molar-refractivity contribution in [2.75, 3.05) is 24.3 Å². The van der Waals surface area contributed by atoms with Crippen LogP contribution in [0.25, 0.3) is 0 Å². The van der Waals surface area contributed by atoms with E-state index in [1.54, 1.807) is 6.07 Å². The van der Waals surface area contributed by atoms with Crippen molar-refractivity contribution in [3.63, 3.8) is 0 Å². The molecule has 0 spiro atoms. The van der Waals surface area contributed by atoms with E-state index in [1.165, 1.54) is 0 Å². The molecule has 1 aromatic rings. The van der Waals surface area contributed by atoms with Crippen LogP contribution in [0.3, 0.4) is 0 Å². The Labute approximate surface area is 102 Å². The molecule has 2 N–H and O–H groups in total. The first-order valence-corrected chi connectivity index (χ1v) is 5.78. The fraction of sp³-hybridized carbons (Fsp3) is 0.462. The van der Waals surface area contributed by atoms with Crippen LogP contribution >= 0.6 is 0 Å². The number of rotatable bonds is 2. The molecule has 0 bridgehead atoms. The molecule has 2 atom stereocenters. The van der Waals surface area contributed by atoms with Gasteiger partial charge in [-0.1, -0.05) is 6.07 Å². The van der Waals surface area contributed by atoms with Crippen molar-refractivity contribution in [3.8, 4) is 6.07 Å². The minimum Gasteiger partial charge on any atom is -0.396 e. The Morgan fingerprint density at radius 1 is 1.53 bits per heavy atom. The van der Waals surface area contributed by atoms with Gasteiger partial charge in [0.05, 0.1) is 29.1 Å². The summed E-state index contributed by atoms with van der Waals surface area (Å²) in [5.74, 6) is 0. The van der Waals surface area contributed by atoms with Gasteiger partial charge in [0.15, 0.2) is 0 Å². The number of nitrogens with zero attached hydrogens (tertiary/aromatic N) is 2.